The minimum atomic E-state index is -0.916. The van der Waals surface area contributed by atoms with Gasteiger partial charge in [0.2, 0.25) is 0 Å². The molecule has 0 spiro atoms. The van der Waals surface area contributed by atoms with Gasteiger partial charge >= 0.3 is 5.97 Å². The third-order valence-corrected chi connectivity index (χ3v) is 2.20. The fourth-order valence-corrected chi connectivity index (χ4v) is 1.36. The summed E-state index contributed by atoms with van der Waals surface area (Å²) in [5, 5.41) is 9.48. The second-order valence-electron chi connectivity index (χ2n) is 3.14. The summed E-state index contributed by atoms with van der Waals surface area (Å²) >= 11 is 0. The Hall–Kier alpha value is -0.690. The number of nitrogens with two attached hydrogens (primary N) is 1. The van der Waals surface area contributed by atoms with Crippen molar-refractivity contribution >= 4 is 5.97 Å². The SMILES string of the molecule is COC(=O)[C@H]1C[C@H](N)[C@H](O)[C@@H](OC)O1. The lowest BCUT2D eigenvalue weighted by molar-refractivity contribution is -0.238. The van der Waals surface area contributed by atoms with Gasteiger partial charge in [-0.15, -0.1) is 0 Å². The van der Waals surface area contributed by atoms with E-state index in [9.17, 15) is 9.90 Å². The minimum absolute atomic E-state index is 0.230. The molecular weight excluding hydrogens is 190 g/mol. The summed E-state index contributed by atoms with van der Waals surface area (Å²) in [6, 6.07) is -0.544. The van der Waals surface area contributed by atoms with Crippen LogP contribution in [-0.4, -0.2) is 49.8 Å². The lowest BCUT2D eigenvalue weighted by Gasteiger charge is -2.35. The zero-order valence-electron chi connectivity index (χ0n) is 8.17. The highest BCUT2D eigenvalue weighted by molar-refractivity contribution is 5.74. The molecule has 3 N–H and O–H groups in total. The van der Waals surface area contributed by atoms with Crippen LogP contribution in [0.25, 0.3) is 0 Å². The number of methoxy groups -OCH3 is 2. The van der Waals surface area contributed by atoms with Crippen LogP contribution in [0.2, 0.25) is 0 Å². The van der Waals surface area contributed by atoms with E-state index in [0.717, 1.165) is 0 Å². The van der Waals surface area contributed by atoms with Gasteiger partial charge in [-0.25, -0.2) is 4.79 Å². The molecule has 1 fully saturated rings. The molecule has 1 rings (SSSR count). The van der Waals surface area contributed by atoms with Crippen molar-refractivity contribution in [3.63, 3.8) is 0 Å². The number of carbonyl (C=O) groups excluding carboxylic acids is 1. The van der Waals surface area contributed by atoms with E-state index >= 15 is 0 Å². The lowest BCUT2D eigenvalue weighted by Crippen LogP contribution is -2.54. The van der Waals surface area contributed by atoms with Crippen LogP contribution < -0.4 is 5.73 Å². The molecule has 0 saturated carbocycles. The first-order valence-corrected chi connectivity index (χ1v) is 4.30. The molecule has 6 heteroatoms. The van der Waals surface area contributed by atoms with Crippen LogP contribution in [0.15, 0.2) is 0 Å². The van der Waals surface area contributed by atoms with Crippen LogP contribution in [-0.2, 0) is 19.0 Å². The zero-order chi connectivity index (χ0) is 10.7. The van der Waals surface area contributed by atoms with Gasteiger partial charge in [-0.1, -0.05) is 0 Å². The highest BCUT2D eigenvalue weighted by Crippen LogP contribution is 2.20. The molecule has 0 aliphatic carbocycles. The molecule has 0 aromatic carbocycles. The molecule has 1 heterocycles. The van der Waals surface area contributed by atoms with E-state index < -0.39 is 30.5 Å². The first-order valence-electron chi connectivity index (χ1n) is 4.30. The van der Waals surface area contributed by atoms with Crippen LogP contribution in [0.1, 0.15) is 6.42 Å². The van der Waals surface area contributed by atoms with Crippen LogP contribution in [0.5, 0.6) is 0 Å². The summed E-state index contributed by atoms with van der Waals surface area (Å²) < 4.78 is 14.5. The molecule has 0 aromatic heterocycles. The first kappa shape index (κ1) is 11.4. The van der Waals surface area contributed by atoms with E-state index in [0.29, 0.717) is 0 Å². The van der Waals surface area contributed by atoms with Crippen LogP contribution >= 0.6 is 0 Å². The van der Waals surface area contributed by atoms with Gasteiger partial charge in [0, 0.05) is 19.6 Å². The van der Waals surface area contributed by atoms with Gasteiger partial charge in [0.05, 0.1) is 7.11 Å². The number of esters is 1. The maximum atomic E-state index is 11.1. The predicted octanol–water partition coefficient (Wildman–Crippen LogP) is -1.39. The average molecular weight is 205 g/mol. The van der Waals surface area contributed by atoms with Gasteiger partial charge in [-0.3, -0.25) is 0 Å². The molecule has 6 nitrogen and oxygen atoms in total. The molecular formula is C8H15NO5. The molecule has 0 aromatic rings. The smallest absolute Gasteiger partial charge is 0.335 e. The van der Waals surface area contributed by atoms with Crippen molar-refractivity contribution in [3.8, 4) is 0 Å². The monoisotopic (exact) mass is 205 g/mol. The van der Waals surface area contributed by atoms with Crippen LogP contribution in [0.4, 0.5) is 0 Å². The molecule has 0 amide bonds. The normalized spacial score (nSPS) is 38.0. The van der Waals surface area contributed by atoms with Crippen molar-refractivity contribution in [2.45, 2.75) is 31.0 Å². The molecule has 1 aliphatic rings. The second kappa shape index (κ2) is 4.70. The standard InChI is InChI=1S/C8H15NO5/c1-12-7(11)5-3-4(9)6(10)8(13-2)14-5/h4-6,8,10H,3,9H2,1-2H3/t4-,5+,6-,8-/m0/s1. The molecule has 0 radical (unpaired) electrons. The Morgan fingerprint density at radius 3 is 2.71 bits per heavy atom. The van der Waals surface area contributed by atoms with Gasteiger partial charge < -0.3 is 25.1 Å². The second-order valence-corrected chi connectivity index (χ2v) is 3.14. The summed E-state index contributed by atoms with van der Waals surface area (Å²) in [6.45, 7) is 0. The van der Waals surface area contributed by atoms with Crippen molar-refractivity contribution < 1.29 is 24.1 Å². The van der Waals surface area contributed by atoms with Gasteiger partial charge in [0.15, 0.2) is 12.4 Å². The zero-order valence-corrected chi connectivity index (χ0v) is 8.17. The maximum absolute atomic E-state index is 11.1. The van der Waals surface area contributed by atoms with Crippen molar-refractivity contribution in [1.82, 2.24) is 0 Å². The van der Waals surface area contributed by atoms with Gasteiger partial charge in [0.1, 0.15) is 6.10 Å². The van der Waals surface area contributed by atoms with Crippen molar-refractivity contribution in [2.24, 2.45) is 5.73 Å². The Balaban J connectivity index is 2.62. The number of rotatable bonds is 2. The maximum Gasteiger partial charge on any atom is 0.335 e. The fourth-order valence-electron chi connectivity index (χ4n) is 1.36. The highest BCUT2D eigenvalue weighted by Gasteiger charge is 2.39. The van der Waals surface area contributed by atoms with Crippen LogP contribution in [0.3, 0.4) is 0 Å². The molecule has 82 valence electrons. The Kier molecular flexibility index (Phi) is 3.82. The molecule has 0 bridgehead atoms. The predicted molar refractivity (Wildman–Crippen MR) is 46.3 cm³/mol. The number of hydrogen-bond acceptors (Lipinski definition) is 6. The molecule has 1 aliphatic heterocycles. The van der Waals surface area contributed by atoms with Crippen molar-refractivity contribution in [2.75, 3.05) is 14.2 Å². The Bertz CT molecular complexity index is 210. The Morgan fingerprint density at radius 2 is 2.21 bits per heavy atom. The van der Waals surface area contributed by atoms with E-state index in [4.69, 9.17) is 15.2 Å². The topological polar surface area (TPSA) is 91.0 Å². The average Bonchev–Trinajstić information content (AvgIpc) is 2.20. The third-order valence-electron chi connectivity index (χ3n) is 2.20. The first-order chi connectivity index (χ1) is 6.60. The van der Waals surface area contributed by atoms with Crippen molar-refractivity contribution in [3.05, 3.63) is 0 Å². The van der Waals surface area contributed by atoms with Crippen molar-refractivity contribution in [1.29, 1.82) is 0 Å². The Labute approximate surface area is 81.9 Å². The minimum Gasteiger partial charge on any atom is -0.467 e. The van der Waals surface area contributed by atoms with E-state index in [1.807, 2.05) is 0 Å². The number of carbonyl (C=O) groups is 1. The number of hydrogen-bond donors (Lipinski definition) is 2. The quantitative estimate of drug-likeness (QED) is 0.539. The van der Waals surface area contributed by atoms with E-state index in [2.05, 4.69) is 4.74 Å². The van der Waals surface area contributed by atoms with E-state index in [1.165, 1.54) is 14.2 Å². The summed E-state index contributed by atoms with van der Waals surface area (Å²) in [7, 11) is 2.64. The summed E-state index contributed by atoms with van der Waals surface area (Å²) in [5.74, 6) is -0.505. The van der Waals surface area contributed by atoms with Crippen LogP contribution in [0, 0.1) is 0 Å². The van der Waals surface area contributed by atoms with Gasteiger partial charge in [-0.05, 0) is 0 Å². The summed E-state index contributed by atoms with van der Waals surface area (Å²) in [4.78, 5) is 11.1. The summed E-state index contributed by atoms with van der Waals surface area (Å²) in [6.07, 6.45) is -2.32. The number of aliphatic hydroxyl groups is 1. The molecule has 1 saturated heterocycles. The van der Waals surface area contributed by atoms with Gasteiger partial charge in [-0.2, -0.15) is 0 Å². The highest BCUT2D eigenvalue weighted by atomic mass is 16.7. The third kappa shape index (κ3) is 2.21. The largest absolute Gasteiger partial charge is 0.467 e. The molecule has 0 unspecified atom stereocenters. The van der Waals surface area contributed by atoms with E-state index in [-0.39, 0.29) is 6.42 Å². The molecule has 4 atom stereocenters. The summed E-state index contributed by atoms with van der Waals surface area (Å²) in [5.41, 5.74) is 5.61. The lowest BCUT2D eigenvalue weighted by atomic mass is 10.0. The van der Waals surface area contributed by atoms with Gasteiger partial charge in [0.25, 0.3) is 0 Å². The van der Waals surface area contributed by atoms with E-state index in [1.54, 1.807) is 0 Å². The molecule has 14 heavy (non-hydrogen) atoms. The Morgan fingerprint density at radius 1 is 1.57 bits per heavy atom. The number of ether oxygens (including phenoxy) is 3. The fraction of sp³-hybridized carbons (Fsp3) is 0.875. The number of aliphatic hydroxyl groups excluding tert-OH is 1.